The van der Waals surface area contributed by atoms with Gasteiger partial charge in [-0.1, -0.05) is 6.07 Å². The summed E-state index contributed by atoms with van der Waals surface area (Å²) in [6.07, 6.45) is 3.99. The van der Waals surface area contributed by atoms with E-state index in [9.17, 15) is 0 Å². The molecule has 110 valence electrons. The van der Waals surface area contributed by atoms with E-state index in [4.69, 9.17) is 5.11 Å². The summed E-state index contributed by atoms with van der Waals surface area (Å²) in [5.74, 6) is 0.943. The molecular weight excluding hydrogens is 266 g/mol. The van der Waals surface area contributed by atoms with Gasteiger partial charge in [0.05, 0.1) is 31.1 Å². The van der Waals surface area contributed by atoms with Crippen LogP contribution in [0.1, 0.15) is 17.0 Å². The molecule has 0 aliphatic carbocycles. The van der Waals surface area contributed by atoms with Crippen LogP contribution < -0.4 is 5.32 Å². The lowest BCUT2D eigenvalue weighted by atomic mass is 10.3. The number of aromatic nitrogens is 4. The number of aryl methyl sites for hydroxylation is 1. The van der Waals surface area contributed by atoms with E-state index >= 15 is 0 Å². The molecular formula is C15H19N5O. The molecule has 0 saturated carbocycles. The Kier molecular flexibility index (Phi) is 3.62. The Morgan fingerprint density at radius 2 is 2.14 bits per heavy atom. The van der Waals surface area contributed by atoms with Crippen molar-refractivity contribution >= 4 is 11.5 Å². The number of hydrogen-bond donors (Lipinski definition) is 2. The number of hydrogen-bond acceptors (Lipinski definition) is 4. The normalized spacial score (nSPS) is 11.2. The standard InChI is InChI=1S/C15H19N5O/c1-11-12(2)18-20(7-8-21)15(11)16-9-13-10-19-6-4-3-5-14(19)17-13/h3-6,10,16,21H,7-9H2,1-2H3. The van der Waals surface area contributed by atoms with Gasteiger partial charge in [-0.2, -0.15) is 5.10 Å². The molecule has 0 unspecified atom stereocenters. The van der Waals surface area contributed by atoms with Crippen molar-refractivity contribution in [3.8, 4) is 0 Å². The Balaban J connectivity index is 1.81. The van der Waals surface area contributed by atoms with Gasteiger partial charge in [-0.05, 0) is 26.0 Å². The topological polar surface area (TPSA) is 67.4 Å². The molecule has 0 aromatic carbocycles. The number of aliphatic hydroxyl groups is 1. The van der Waals surface area contributed by atoms with E-state index in [1.165, 1.54) is 0 Å². The van der Waals surface area contributed by atoms with Crippen LogP contribution in [-0.2, 0) is 13.1 Å². The van der Waals surface area contributed by atoms with Gasteiger partial charge in [0.25, 0.3) is 0 Å². The molecule has 3 aromatic heterocycles. The second kappa shape index (κ2) is 5.57. The number of imidazole rings is 1. The summed E-state index contributed by atoms with van der Waals surface area (Å²) in [5.41, 5.74) is 3.98. The molecule has 21 heavy (non-hydrogen) atoms. The number of pyridine rings is 1. The molecule has 6 nitrogen and oxygen atoms in total. The zero-order chi connectivity index (χ0) is 14.8. The van der Waals surface area contributed by atoms with Crippen LogP contribution in [0.2, 0.25) is 0 Å². The Morgan fingerprint density at radius 1 is 1.29 bits per heavy atom. The summed E-state index contributed by atoms with van der Waals surface area (Å²) in [5, 5.41) is 16.9. The summed E-state index contributed by atoms with van der Waals surface area (Å²) in [6, 6.07) is 5.94. The van der Waals surface area contributed by atoms with E-state index in [1.54, 1.807) is 4.68 Å². The largest absolute Gasteiger partial charge is 0.394 e. The Labute approximate surface area is 123 Å². The van der Waals surface area contributed by atoms with Gasteiger partial charge in [-0.3, -0.25) is 0 Å². The predicted octanol–water partition coefficient (Wildman–Crippen LogP) is 1.75. The lowest BCUT2D eigenvalue weighted by Crippen LogP contribution is -2.11. The average Bonchev–Trinajstić information content (AvgIpc) is 3.00. The van der Waals surface area contributed by atoms with Crippen molar-refractivity contribution in [2.75, 3.05) is 11.9 Å². The smallest absolute Gasteiger partial charge is 0.137 e. The summed E-state index contributed by atoms with van der Waals surface area (Å²) in [6.45, 7) is 5.19. The third kappa shape index (κ3) is 2.62. The third-order valence-corrected chi connectivity index (χ3v) is 3.59. The Morgan fingerprint density at radius 3 is 2.90 bits per heavy atom. The molecule has 0 amide bonds. The SMILES string of the molecule is Cc1nn(CCO)c(NCc2cn3ccccc3n2)c1C. The van der Waals surface area contributed by atoms with Crippen molar-refractivity contribution < 1.29 is 5.11 Å². The van der Waals surface area contributed by atoms with Gasteiger partial charge in [0.15, 0.2) is 0 Å². The van der Waals surface area contributed by atoms with Crippen LogP contribution in [0.3, 0.4) is 0 Å². The minimum Gasteiger partial charge on any atom is -0.394 e. The lowest BCUT2D eigenvalue weighted by molar-refractivity contribution is 0.270. The zero-order valence-electron chi connectivity index (χ0n) is 12.2. The maximum absolute atomic E-state index is 9.12. The monoisotopic (exact) mass is 285 g/mol. The van der Waals surface area contributed by atoms with E-state index in [0.717, 1.165) is 28.4 Å². The highest BCUT2D eigenvalue weighted by Crippen LogP contribution is 2.19. The van der Waals surface area contributed by atoms with E-state index < -0.39 is 0 Å². The second-order valence-corrected chi connectivity index (χ2v) is 5.06. The zero-order valence-corrected chi connectivity index (χ0v) is 12.2. The van der Waals surface area contributed by atoms with Gasteiger partial charge in [0.2, 0.25) is 0 Å². The molecule has 0 atom stereocenters. The van der Waals surface area contributed by atoms with E-state index in [1.807, 2.05) is 48.8 Å². The van der Waals surface area contributed by atoms with Gasteiger partial charge in [-0.25, -0.2) is 9.67 Å². The first kappa shape index (κ1) is 13.6. The van der Waals surface area contributed by atoms with E-state index in [2.05, 4.69) is 15.4 Å². The maximum Gasteiger partial charge on any atom is 0.137 e. The predicted molar refractivity (Wildman–Crippen MR) is 81.3 cm³/mol. The van der Waals surface area contributed by atoms with Gasteiger partial charge >= 0.3 is 0 Å². The molecule has 0 radical (unpaired) electrons. The number of nitrogens with zero attached hydrogens (tertiary/aromatic N) is 4. The van der Waals surface area contributed by atoms with Crippen molar-refractivity contribution in [1.29, 1.82) is 0 Å². The maximum atomic E-state index is 9.12. The Hall–Kier alpha value is -2.34. The third-order valence-electron chi connectivity index (χ3n) is 3.59. The summed E-state index contributed by atoms with van der Waals surface area (Å²) < 4.78 is 3.81. The number of anilines is 1. The first-order valence-corrected chi connectivity index (χ1v) is 7.00. The molecule has 0 saturated heterocycles. The van der Waals surface area contributed by atoms with Crippen molar-refractivity contribution in [2.24, 2.45) is 0 Å². The minimum absolute atomic E-state index is 0.0730. The van der Waals surface area contributed by atoms with Crippen LogP contribution in [-0.4, -0.2) is 30.9 Å². The highest BCUT2D eigenvalue weighted by atomic mass is 16.3. The van der Waals surface area contributed by atoms with Crippen LogP contribution in [0.15, 0.2) is 30.6 Å². The first-order valence-electron chi connectivity index (χ1n) is 7.00. The highest BCUT2D eigenvalue weighted by molar-refractivity contribution is 5.47. The molecule has 0 bridgehead atoms. The van der Waals surface area contributed by atoms with Crippen LogP contribution >= 0.6 is 0 Å². The van der Waals surface area contributed by atoms with Crippen molar-refractivity contribution in [3.63, 3.8) is 0 Å². The Bertz CT molecular complexity index is 726. The van der Waals surface area contributed by atoms with E-state index in [-0.39, 0.29) is 6.61 Å². The molecule has 0 spiro atoms. The van der Waals surface area contributed by atoms with Crippen molar-refractivity contribution in [3.05, 3.63) is 47.5 Å². The fraction of sp³-hybridized carbons (Fsp3) is 0.333. The van der Waals surface area contributed by atoms with Crippen molar-refractivity contribution in [1.82, 2.24) is 19.2 Å². The van der Waals surface area contributed by atoms with Crippen LogP contribution in [0, 0.1) is 13.8 Å². The molecule has 2 N–H and O–H groups in total. The molecule has 6 heteroatoms. The number of aliphatic hydroxyl groups excluding tert-OH is 1. The molecule has 0 aliphatic heterocycles. The summed E-state index contributed by atoms with van der Waals surface area (Å²) >= 11 is 0. The van der Waals surface area contributed by atoms with Gasteiger partial charge in [0.1, 0.15) is 11.5 Å². The summed E-state index contributed by atoms with van der Waals surface area (Å²) in [4.78, 5) is 4.56. The quantitative estimate of drug-likeness (QED) is 0.749. The molecule has 0 aliphatic rings. The molecule has 3 rings (SSSR count). The lowest BCUT2D eigenvalue weighted by Gasteiger charge is -2.08. The fourth-order valence-corrected chi connectivity index (χ4v) is 2.40. The van der Waals surface area contributed by atoms with Crippen molar-refractivity contribution in [2.45, 2.75) is 26.9 Å². The number of nitrogens with one attached hydrogen (secondary N) is 1. The van der Waals surface area contributed by atoms with E-state index in [0.29, 0.717) is 13.1 Å². The number of rotatable bonds is 5. The highest BCUT2D eigenvalue weighted by Gasteiger charge is 2.11. The van der Waals surface area contributed by atoms with Crippen LogP contribution in [0.4, 0.5) is 5.82 Å². The van der Waals surface area contributed by atoms with Gasteiger partial charge < -0.3 is 14.8 Å². The average molecular weight is 285 g/mol. The van der Waals surface area contributed by atoms with Crippen LogP contribution in [0.25, 0.3) is 5.65 Å². The summed E-state index contributed by atoms with van der Waals surface area (Å²) in [7, 11) is 0. The second-order valence-electron chi connectivity index (χ2n) is 5.06. The van der Waals surface area contributed by atoms with Gasteiger partial charge in [0, 0.05) is 18.0 Å². The first-order chi connectivity index (χ1) is 10.2. The molecule has 3 heterocycles. The number of fused-ring (bicyclic) bond motifs is 1. The molecule has 0 fully saturated rings. The minimum atomic E-state index is 0.0730. The van der Waals surface area contributed by atoms with Crippen LogP contribution in [0.5, 0.6) is 0 Å². The van der Waals surface area contributed by atoms with Gasteiger partial charge in [-0.15, -0.1) is 0 Å². The molecule has 3 aromatic rings. The fourth-order valence-electron chi connectivity index (χ4n) is 2.40.